The fourth-order valence-corrected chi connectivity index (χ4v) is 4.03. The number of aliphatic hydroxyl groups is 1. The molecule has 1 aromatic carbocycles. The Morgan fingerprint density at radius 3 is 2.34 bits per heavy atom. The fraction of sp³-hybridized carbons (Fsp3) is 0.556. The smallest absolute Gasteiger partial charge is 0.408 e. The van der Waals surface area contributed by atoms with Crippen molar-refractivity contribution < 1.29 is 37.3 Å². The normalized spacial score (nSPS) is 12.4. The van der Waals surface area contributed by atoms with E-state index in [1.807, 2.05) is 20.8 Å². The van der Waals surface area contributed by atoms with Gasteiger partial charge in [-0.1, -0.05) is 20.8 Å². The molecule has 0 aliphatic rings. The summed E-state index contributed by atoms with van der Waals surface area (Å²) in [6.45, 7) is 9.69. The lowest BCUT2D eigenvalue weighted by Gasteiger charge is -2.25. The number of fused-ring (bicyclic) bond motifs is 1. The van der Waals surface area contributed by atoms with Gasteiger partial charge in [-0.05, 0) is 38.3 Å². The Hall–Kier alpha value is -3.32. The number of methoxy groups -OCH3 is 1. The van der Waals surface area contributed by atoms with Crippen molar-refractivity contribution in [2.75, 3.05) is 33.5 Å². The van der Waals surface area contributed by atoms with Gasteiger partial charge in [0.1, 0.15) is 13.1 Å². The molecule has 0 radical (unpaired) electrons. The van der Waals surface area contributed by atoms with E-state index in [1.165, 1.54) is 17.7 Å². The zero-order valence-electron chi connectivity index (χ0n) is 24.3. The molecule has 0 bridgehead atoms. The van der Waals surface area contributed by atoms with E-state index >= 15 is 0 Å². The molecule has 41 heavy (non-hydrogen) atoms. The zero-order valence-corrected chi connectivity index (χ0v) is 25.1. The third kappa shape index (κ3) is 7.91. The molecule has 10 nitrogen and oxygen atoms in total. The van der Waals surface area contributed by atoms with Crippen LogP contribution in [-0.2, 0) is 12.0 Å². The third-order valence-corrected chi connectivity index (χ3v) is 6.17. The first kappa shape index (κ1) is 33.9. The lowest BCUT2D eigenvalue weighted by atomic mass is 9.84. The minimum absolute atomic E-state index is 0. The van der Waals surface area contributed by atoms with E-state index in [0.717, 1.165) is 4.68 Å². The highest BCUT2D eigenvalue weighted by Crippen LogP contribution is 2.40. The summed E-state index contributed by atoms with van der Waals surface area (Å²) in [5.74, 6) is 0.586. The number of carbonyl (C=O) groups excluding carboxylic acids is 1. The summed E-state index contributed by atoms with van der Waals surface area (Å²) in [7, 11) is 1.50. The Labute approximate surface area is 242 Å². The van der Waals surface area contributed by atoms with Crippen molar-refractivity contribution in [1.82, 2.24) is 19.4 Å². The summed E-state index contributed by atoms with van der Waals surface area (Å²) in [5, 5.41) is 17.9. The number of ketones is 1. The SMILES string of the molecule is CCOc1nn2c(=NCC(F)(F)F)n(CC(=O)c3cc(OCCCO)c(OC)c(C(C)(C)C)c3)nc2c(C)c1C.Cl. The van der Waals surface area contributed by atoms with Gasteiger partial charge in [0.15, 0.2) is 22.9 Å². The molecule has 1 N–H and O–H groups in total. The molecule has 3 rings (SSSR count). The molecule has 0 atom stereocenters. The Morgan fingerprint density at radius 2 is 1.78 bits per heavy atom. The molecule has 0 aliphatic carbocycles. The maximum absolute atomic E-state index is 13.6. The molecule has 3 aromatic rings. The molecule has 0 spiro atoms. The molecule has 14 heteroatoms. The van der Waals surface area contributed by atoms with Gasteiger partial charge in [-0.2, -0.15) is 17.7 Å². The highest BCUT2D eigenvalue weighted by atomic mass is 35.5. The van der Waals surface area contributed by atoms with Crippen molar-refractivity contribution in [3.63, 3.8) is 0 Å². The Kier molecular flexibility index (Phi) is 11.2. The van der Waals surface area contributed by atoms with Gasteiger partial charge < -0.3 is 19.3 Å². The van der Waals surface area contributed by atoms with Crippen molar-refractivity contribution in [2.45, 2.75) is 66.1 Å². The van der Waals surface area contributed by atoms with Crippen molar-refractivity contribution >= 4 is 23.8 Å². The molecule has 0 saturated heterocycles. The number of aryl methyl sites for hydroxylation is 1. The van der Waals surface area contributed by atoms with Crippen LogP contribution in [0.25, 0.3) is 5.65 Å². The van der Waals surface area contributed by atoms with E-state index in [2.05, 4.69) is 15.2 Å². The van der Waals surface area contributed by atoms with Crippen molar-refractivity contribution in [1.29, 1.82) is 0 Å². The number of nitrogens with zero attached hydrogens (tertiary/aromatic N) is 5. The Bertz CT molecular complexity index is 1440. The number of rotatable bonds is 11. The molecule has 0 amide bonds. The summed E-state index contributed by atoms with van der Waals surface area (Å²) in [6, 6.07) is 3.21. The van der Waals surface area contributed by atoms with Gasteiger partial charge in [-0.3, -0.25) is 4.79 Å². The Balaban J connectivity index is 0.00000588. The lowest BCUT2D eigenvalue weighted by molar-refractivity contribution is -0.118. The highest BCUT2D eigenvalue weighted by Gasteiger charge is 2.28. The number of alkyl halides is 3. The molecule has 0 saturated carbocycles. The van der Waals surface area contributed by atoms with Crippen LogP contribution in [0.15, 0.2) is 17.1 Å². The summed E-state index contributed by atoms with van der Waals surface area (Å²) in [4.78, 5) is 17.3. The lowest BCUT2D eigenvalue weighted by Crippen LogP contribution is -2.30. The molecule has 2 heterocycles. The molecule has 2 aromatic heterocycles. The highest BCUT2D eigenvalue weighted by molar-refractivity contribution is 5.97. The minimum Gasteiger partial charge on any atom is -0.493 e. The maximum atomic E-state index is 13.6. The summed E-state index contributed by atoms with van der Waals surface area (Å²) < 4.78 is 58.8. The molecular weight excluding hydrogens is 567 g/mol. The standard InChI is InChI=1S/C27H36F3N5O5.ClH/c1-8-39-24-17(3)16(2)23-32-34(25(35(23)33-24)31-15-27(28,29)30)14-20(37)18-12-19(26(4,5)6)22(38-7)21(13-18)40-11-9-10-36;/h12-13,36H,8-11,14-15H2,1-7H3;1H. The summed E-state index contributed by atoms with van der Waals surface area (Å²) >= 11 is 0. The van der Waals surface area contributed by atoms with Gasteiger partial charge in [0.2, 0.25) is 11.5 Å². The monoisotopic (exact) mass is 603 g/mol. The van der Waals surface area contributed by atoms with Gasteiger partial charge in [0, 0.05) is 35.3 Å². The topological polar surface area (TPSA) is 112 Å². The molecule has 0 unspecified atom stereocenters. The predicted octanol–water partition coefficient (Wildman–Crippen LogP) is 4.38. The molecule has 0 fully saturated rings. The van der Waals surface area contributed by atoms with E-state index in [9.17, 15) is 18.0 Å². The van der Waals surface area contributed by atoms with Crippen LogP contribution in [0.2, 0.25) is 0 Å². The van der Waals surface area contributed by atoms with E-state index in [0.29, 0.717) is 41.2 Å². The number of carbonyl (C=O) groups is 1. The maximum Gasteiger partial charge on any atom is 0.408 e. The summed E-state index contributed by atoms with van der Waals surface area (Å²) in [5.41, 5.74) is 1.85. The number of hydrogen-bond acceptors (Lipinski definition) is 8. The first-order chi connectivity index (χ1) is 18.7. The number of benzene rings is 1. The van der Waals surface area contributed by atoms with Crippen molar-refractivity contribution in [3.8, 4) is 17.4 Å². The van der Waals surface area contributed by atoms with Crippen molar-refractivity contribution in [2.24, 2.45) is 4.99 Å². The van der Waals surface area contributed by atoms with Crippen LogP contribution >= 0.6 is 12.4 Å². The van der Waals surface area contributed by atoms with E-state index in [1.54, 1.807) is 26.8 Å². The van der Waals surface area contributed by atoms with Crippen LogP contribution in [0.5, 0.6) is 17.4 Å². The third-order valence-electron chi connectivity index (χ3n) is 6.17. The molecule has 228 valence electrons. The second-order valence-electron chi connectivity index (χ2n) is 10.3. The minimum atomic E-state index is -4.58. The number of aromatic nitrogens is 4. The van der Waals surface area contributed by atoms with Crippen LogP contribution < -0.4 is 19.8 Å². The van der Waals surface area contributed by atoms with Gasteiger partial charge in [-0.15, -0.1) is 22.6 Å². The van der Waals surface area contributed by atoms with E-state index < -0.39 is 30.5 Å². The van der Waals surface area contributed by atoms with Gasteiger partial charge >= 0.3 is 6.18 Å². The first-order valence-corrected chi connectivity index (χ1v) is 12.9. The van der Waals surface area contributed by atoms with E-state index in [4.69, 9.17) is 19.3 Å². The van der Waals surface area contributed by atoms with Gasteiger partial charge in [-0.25, -0.2) is 9.67 Å². The average Bonchev–Trinajstić information content (AvgIpc) is 3.21. The quantitative estimate of drug-likeness (QED) is 0.256. The number of aliphatic hydroxyl groups excluding tert-OH is 1. The Morgan fingerprint density at radius 1 is 1.10 bits per heavy atom. The van der Waals surface area contributed by atoms with Crippen LogP contribution in [0.3, 0.4) is 0 Å². The zero-order chi connectivity index (χ0) is 29.8. The predicted molar refractivity (Wildman–Crippen MR) is 149 cm³/mol. The molecule has 0 aliphatic heterocycles. The summed E-state index contributed by atoms with van der Waals surface area (Å²) in [6.07, 6.45) is -4.20. The number of hydrogen-bond donors (Lipinski definition) is 1. The number of Topliss-reactive ketones (excluding diaryl/α,β-unsaturated/α-hetero) is 1. The first-order valence-electron chi connectivity index (χ1n) is 12.9. The fourth-order valence-electron chi connectivity index (χ4n) is 4.03. The van der Waals surface area contributed by atoms with Gasteiger partial charge in [0.05, 0.1) is 20.3 Å². The largest absolute Gasteiger partial charge is 0.493 e. The van der Waals surface area contributed by atoms with Crippen molar-refractivity contribution in [3.05, 3.63) is 40.0 Å². The number of halogens is 4. The van der Waals surface area contributed by atoms with E-state index in [-0.39, 0.29) is 48.3 Å². The number of ether oxygens (including phenoxy) is 3. The average molecular weight is 604 g/mol. The van der Waals surface area contributed by atoms with Gasteiger partial charge in [0.25, 0.3) is 0 Å². The van der Waals surface area contributed by atoms with Crippen LogP contribution in [0.1, 0.15) is 61.2 Å². The second kappa shape index (κ2) is 13.6. The van der Waals surface area contributed by atoms with Crippen LogP contribution in [-0.4, -0.2) is 69.9 Å². The second-order valence-corrected chi connectivity index (χ2v) is 10.3. The van der Waals surface area contributed by atoms with Crippen LogP contribution in [0, 0.1) is 13.8 Å². The van der Waals surface area contributed by atoms with Crippen LogP contribution in [0.4, 0.5) is 13.2 Å². The molecular formula is C27H37ClF3N5O5.